The summed E-state index contributed by atoms with van der Waals surface area (Å²) in [6.07, 6.45) is 3.28. The summed E-state index contributed by atoms with van der Waals surface area (Å²) in [5, 5.41) is 17.5. The number of aliphatic hydroxyl groups excluding tert-OH is 1. The lowest BCUT2D eigenvalue weighted by atomic mass is 10.00. The fourth-order valence-electron chi connectivity index (χ4n) is 2.81. The van der Waals surface area contributed by atoms with Gasteiger partial charge < -0.3 is 15.7 Å². The Morgan fingerprint density at radius 2 is 2.30 bits per heavy atom. The minimum absolute atomic E-state index is 0.110. The third-order valence-electron chi connectivity index (χ3n) is 3.72. The molecule has 1 aromatic carbocycles. The van der Waals surface area contributed by atoms with Crippen molar-refractivity contribution in [2.45, 2.75) is 37.1 Å². The van der Waals surface area contributed by atoms with Crippen LogP contribution in [0.15, 0.2) is 23.1 Å². The van der Waals surface area contributed by atoms with Crippen LogP contribution in [0.2, 0.25) is 0 Å². The molecule has 4 N–H and O–H groups in total. The lowest BCUT2D eigenvalue weighted by Gasteiger charge is -2.38. The molecule has 0 amide bonds. The second kappa shape index (κ2) is 6.99. The van der Waals surface area contributed by atoms with Crippen LogP contribution < -0.4 is 10.6 Å². The van der Waals surface area contributed by atoms with E-state index in [0.29, 0.717) is 0 Å². The van der Waals surface area contributed by atoms with Crippen molar-refractivity contribution in [2.75, 3.05) is 23.8 Å². The number of hydrogen-bond acceptors (Lipinski definition) is 4. The van der Waals surface area contributed by atoms with Gasteiger partial charge in [-0.1, -0.05) is 13.0 Å². The topological polar surface area (TPSA) is 73.3 Å². The molecule has 2 rings (SSSR count). The van der Waals surface area contributed by atoms with Crippen molar-refractivity contribution in [1.82, 2.24) is 0 Å². The summed E-state index contributed by atoms with van der Waals surface area (Å²) in [5.41, 5.74) is 7.63. The molecule has 1 aliphatic rings. The first-order valence-corrected chi connectivity index (χ1v) is 8.15. The van der Waals surface area contributed by atoms with Gasteiger partial charge in [0, 0.05) is 17.1 Å². The van der Waals surface area contributed by atoms with Crippen LogP contribution in [-0.4, -0.2) is 35.9 Å². The molecule has 0 bridgehead atoms. The highest BCUT2D eigenvalue weighted by Gasteiger charge is 2.25. The number of nitrogens with one attached hydrogen (secondary N) is 1. The minimum atomic E-state index is 0.110. The summed E-state index contributed by atoms with van der Waals surface area (Å²) in [7, 11) is 0. The lowest BCUT2D eigenvalue weighted by Crippen LogP contribution is -2.43. The molecular formula is C15H23N3OS. The van der Waals surface area contributed by atoms with E-state index < -0.39 is 0 Å². The van der Waals surface area contributed by atoms with Gasteiger partial charge in [0.2, 0.25) is 0 Å². The van der Waals surface area contributed by atoms with E-state index in [2.05, 4.69) is 11.8 Å². The Hall–Kier alpha value is -1.20. The van der Waals surface area contributed by atoms with Gasteiger partial charge in [0.1, 0.15) is 5.84 Å². The van der Waals surface area contributed by atoms with E-state index in [9.17, 15) is 5.11 Å². The maximum Gasteiger partial charge on any atom is 0.126 e. The highest BCUT2D eigenvalue weighted by Crippen LogP contribution is 2.33. The third kappa shape index (κ3) is 3.10. The molecule has 1 unspecified atom stereocenters. The average Bonchev–Trinajstić information content (AvgIpc) is 2.47. The number of piperidine rings is 1. The number of rotatable bonds is 5. The first-order chi connectivity index (χ1) is 9.69. The molecule has 0 radical (unpaired) electrons. The van der Waals surface area contributed by atoms with Gasteiger partial charge in [-0.2, -0.15) is 0 Å². The fourth-order valence-corrected chi connectivity index (χ4v) is 3.66. The monoisotopic (exact) mass is 293 g/mol. The number of benzene rings is 1. The summed E-state index contributed by atoms with van der Waals surface area (Å²) in [6.45, 7) is 3.17. The number of aliphatic hydroxyl groups is 1. The zero-order valence-electron chi connectivity index (χ0n) is 11.9. The third-order valence-corrected chi connectivity index (χ3v) is 4.66. The van der Waals surface area contributed by atoms with Crippen LogP contribution in [0, 0.1) is 5.41 Å². The number of thioether (sulfide) groups is 1. The summed E-state index contributed by atoms with van der Waals surface area (Å²) in [6, 6.07) is 6.20. The van der Waals surface area contributed by atoms with Crippen molar-refractivity contribution >= 4 is 23.3 Å². The van der Waals surface area contributed by atoms with Gasteiger partial charge in [0.15, 0.2) is 0 Å². The molecule has 20 heavy (non-hydrogen) atoms. The summed E-state index contributed by atoms with van der Waals surface area (Å²) in [5.74, 6) is 1.06. The Bertz CT molecular complexity index is 478. The second-order valence-electron chi connectivity index (χ2n) is 5.02. The Morgan fingerprint density at radius 1 is 1.50 bits per heavy atom. The Kier molecular flexibility index (Phi) is 5.31. The van der Waals surface area contributed by atoms with Gasteiger partial charge in [0.25, 0.3) is 0 Å². The van der Waals surface area contributed by atoms with Crippen LogP contribution in [0.3, 0.4) is 0 Å². The van der Waals surface area contributed by atoms with E-state index in [4.69, 9.17) is 11.1 Å². The van der Waals surface area contributed by atoms with E-state index in [-0.39, 0.29) is 18.5 Å². The number of nitrogens with zero attached hydrogens (tertiary/aromatic N) is 1. The molecule has 0 aromatic heterocycles. The van der Waals surface area contributed by atoms with Gasteiger partial charge in [-0.15, -0.1) is 11.8 Å². The predicted molar refractivity (Wildman–Crippen MR) is 85.9 cm³/mol. The van der Waals surface area contributed by atoms with Crippen LogP contribution in [0.5, 0.6) is 0 Å². The molecular weight excluding hydrogens is 270 g/mol. The van der Waals surface area contributed by atoms with E-state index in [1.54, 1.807) is 11.8 Å². The van der Waals surface area contributed by atoms with Crippen LogP contribution in [0.25, 0.3) is 0 Å². The van der Waals surface area contributed by atoms with Gasteiger partial charge in [-0.3, -0.25) is 5.41 Å². The normalized spacial score (nSPS) is 19.1. The molecule has 0 spiro atoms. The van der Waals surface area contributed by atoms with Gasteiger partial charge >= 0.3 is 0 Å². The van der Waals surface area contributed by atoms with Gasteiger partial charge in [-0.05, 0) is 37.1 Å². The number of nitrogens with two attached hydrogens (primary N) is 1. The van der Waals surface area contributed by atoms with Crippen LogP contribution in [0.4, 0.5) is 5.69 Å². The molecule has 1 atom stereocenters. The molecule has 1 aliphatic heterocycles. The van der Waals surface area contributed by atoms with Crippen LogP contribution >= 0.6 is 11.8 Å². The molecule has 0 saturated carbocycles. The highest BCUT2D eigenvalue weighted by atomic mass is 32.2. The van der Waals surface area contributed by atoms with E-state index in [1.807, 2.05) is 18.2 Å². The van der Waals surface area contributed by atoms with Gasteiger partial charge in [-0.25, -0.2) is 0 Å². The zero-order chi connectivity index (χ0) is 14.5. The molecule has 1 fully saturated rings. The lowest BCUT2D eigenvalue weighted by molar-refractivity contribution is 0.240. The number of amidine groups is 1. The molecule has 110 valence electrons. The maximum absolute atomic E-state index is 9.59. The Morgan fingerprint density at radius 3 is 2.95 bits per heavy atom. The summed E-state index contributed by atoms with van der Waals surface area (Å²) in [4.78, 5) is 3.28. The maximum atomic E-state index is 9.59. The number of anilines is 1. The first kappa shape index (κ1) is 15.2. The summed E-state index contributed by atoms with van der Waals surface area (Å²) >= 11 is 1.71. The zero-order valence-corrected chi connectivity index (χ0v) is 12.7. The van der Waals surface area contributed by atoms with E-state index in [0.717, 1.165) is 47.7 Å². The average molecular weight is 293 g/mol. The molecule has 0 aliphatic carbocycles. The van der Waals surface area contributed by atoms with E-state index in [1.165, 1.54) is 0 Å². The minimum Gasteiger partial charge on any atom is -0.394 e. The smallest absolute Gasteiger partial charge is 0.126 e. The van der Waals surface area contributed by atoms with Crippen molar-refractivity contribution in [1.29, 1.82) is 5.41 Å². The van der Waals surface area contributed by atoms with Crippen LogP contribution in [-0.2, 0) is 0 Å². The Balaban J connectivity index is 2.43. The highest BCUT2D eigenvalue weighted by molar-refractivity contribution is 7.99. The quantitative estimate of drug-likeness (QED) is 0.443. The van der Waals surface area contributed by atoms with Crippen molar-refractivity contribution < 1.29 is 5.11 Å². The van der Waals surface area contributed by atoms with Gasteiger partial charge in [0.05, 0.1) is 18.2 Å². The number of nitrogen functional groups attached to an aromatic ring is 1. The van der Waals surface area contributed by atoms with E-state index >= 15 is 0 Å². The molecule has 5 heteroatoms. The molecule has 1 saturated heterocycles. The molecule has 1 aromatic rings. The van der Waals surface area contributed by atoms with Crippen LogP contribution in [0.1, 0.15) is 31.7 Å². The molecule has 4 nitrogen and oxygen atoms in total. The molecule has 1 heterocycles. The summed E-state index contributed by atoms with van der Waals surface area (Å²) < 4.78 is 0. The SMILES string of the molecule is CCSc1cccc(N2CCCCC2CO)c1C(=N)N. The van der Waals surface area contributed by atoms with Crippen molar-refractivity contribution in [3.8, 4) is 0 Å². The Labute approximate surface area is 124 Å². The second-order valence-corrected chi connectivity index (χ2v) is 6.33. The standard InChI is InChI=1S/C15H23N3OS/c1-2-20-13-8-5-7-12(14(13)15(16)17)18-9-4-3-6-11(18)10-19/h5,7-8,11,19H,2-4,6,9-10H2,1H3,(H3,16,17). The first-order valence-electron chi connectivity index (χ1n) is 7.16. The predicted octanol–water partition coefficient (Wildman–Crippen LogP) is 2.43. The fraction of sp³-hybridized carbons (Fsp3) is 0.533. The van der Waals surface area contributed by atoms with Crippen molar-refractivity contribution in [3.63, 3.8) is 0 Å². The van der Waals surface area contributed by atoms with Crippen molar-refractivity contribution in [2.24, 2.45) is 5.73 Å². The number of hydrogen-bond donors (Lipinski definition) is 3. The largest absolute Gasteiger partial charge is 0.394 e. The van der Waals surface area contributed by atoms with Crippen molar-refractivity contribution in [3.05, 3.63) is 23.8 Å².